The van der Waals surface area contributed by atoms with Crippen LogP contribution in [0.1, 0.15) is 89.5 Å². The number of fused-ring (bicyclic) bond motifs is 2. The Morgan fingerprint density at radius 1 is 0.696 bits per heavy atom. The molecule has 0 bridgehead atoms. The molecule has 2 aromatic carbocycles. The molecule has 0 spiro atoms. The standard InChI is InChI=1S/C24H27ClFN5O4.C24H29ClFN5O3/c1-24(2,3)35-23(34)27-13-16-6-8-19(32)31(16)21-17(12-14-11-15(26)5-7-18(14)25)20-22(33)29(4)9-10-30(20)28-21;1-24(2,3)34-23(33)27-14-17-6-5-9-30(17)21-18(13-15-12-16(26)7-8-19(15)25)20-22(32)29(4)10-11-31(20)28-21/h5,7,9-11,16H,6,8,12-13H2,1-4H3,(H,27,34);7-8,10-12,17H,5-6,9,13-14H2,1-4H3,(H,27,33). The van der Waals surface area contributed by atoms with Crippen LogP contribution >= 0.6 is 23.2 Å². The molecule has 6 heterocycles. The number of hydrogen-bond donors (Lipinski definition) is 2. The number of rotatable bonds is 10. The number of amides is 3. The highest BCUT2D eigenvalue weighted by Gasteiger charge is 2.37. The Morgan fingerprint density at radius 3 is 1.65 bits per heavy atom. The summed E-state index contributed by atoms with van der Waals surface area (Å²) in [6.07, 6.45) is 8.33. The van der Waals surface area contributed by atoms with E-state index in [2.05, 4.69) is 20.6 Å². The maximum atomic E-state index is 14.0. The number of aromatic nitrogens is 6. The first-order chi connectivity index (χ1) is 32.5. The molecule has 21 heteroatoms. The van der Waals surface area contributed by atoms with Gasteiger partial charge in [-0.3, -0.25) is 19.3 Å². The molecule has 0 aliphatic carbocycles. The summed E-state index contributed by atoms with van der Waals surface area (Å²) in [5.74, 6) is -0.130. The molecular formula is C48H56Cl2F2N10O7. The third-order valence-corrected chi connectivity index (χ3v) is 12.3. The summed E-state index contributed by atoms with van der Waals surface area (Å²) in [6, 6.07) is 7.78. The molecule has 8 rings (SSSR count). The molecule has 4 aromatic heterocycles. The lowest BCUT2D eigenvalue weighted by molar-refractivity contribution is -0.117. The predicted octanol–water partition coefficient (Wildman–Crippen LogP) is 7.35. The van der Waals surface area contributed by atoms with Gasteiger partial charge >= 0.3 is 12.2 Å². The van der Waals surface area contributed by atoms with Gasteiger partial charge in [-0.1, -0.05) is 23.2 Å². The Hall–Kier alpha value is -6.47. The summed E-state index contributed by atoms with van der Waals surface area (Å²) >= 11 is 12.7. The van der Waals surface area contributed by atoms with Gasteiger partial charge in [-0.2, -0.15) is 0 Å². The van der Waals surface area contributed by atoms with E-state index in [9.17, 15) is 32.8 Å². The van der Waals surface area contributed by atoms with E-state index in [1.54, 1.807) is 64.2 Å². The number of alkyl carbamates (subject to hydrolysis) is 2. The second-order valence-electron chi connectivity index (χ2n) is 19.2. The molecule has 2 fully saturated rings. The van der Waals surface area contributed by atoms with Crippen LogP contribution in [0.15, 0.2) is 70.8 Å². The number of carbonyl (C=O) groups is 3. The summed E-state index contributed by atoms with van der Waals surface area (Å²) in [6.45, 7) is 12.0. The van der Waals surface area contributed by atoms with E-state index in [0.717, 1.165) is 19.4 Å². The van der Waals surface area contributed by atoms with Gasteiger partial charge < -0.3 is 34.1 Å². The minimum atomic E-state index is -0.658. The predicted molar refractivity (Wildman–Crippen MR) is 259 cm³/mol. The monoisotopic (exact) mass is 992 g/mol. The van der Waals surface area contributed by atoms with Crippen molar-refractivity contribution in [1.82, 2.24) is 39.0 Å². The topological polar surface area (TPSA) is 179 Å². The van der Waals surface area contributed by atoms with Crippen molar-refractivity contribution < 1.29 is 32.6 Å². The Labute approximate surface area is 406 Å². The highest BCUT2D eigenvalue weighted by atomic mass is 35.5. The van der Waals surface area contributed by atoms with Gasteiger partial charge in [0.15, 0.2) is 11.6 Å². The molecule has 368 valence electrons. The molecule has 2 saturated heterocycles. The molecule has 6 aromatic rings. The number of benzene rings is 2. The van der Waals surface area contributed by atoms with Crippen LogP contribution in [-0.2, 0) is 41.2 Å². The second kappa shape index (κ2) is 20.2. The van der Waals surface area contributed by atoms with Crippen LogP contribution in [0, 0.1) is 11.6 Å². The third-order valence-electron chi connectivity index (χ3n) is 11.6. The summed E-state index contributed by atoms with van der Waals surface area (Å²) in [4.78, 5) is 67.1. The van der Waals surface area contributed by atoms with Crippen molar-refractivity contribution in [3.8, 4) is 0 Å². The molecule has 2 aliphatic rings. The van der Waals surface area contributed by atoms with E-state index in [1.807, 2.05) is 20.8 Å². The fraction of sp³-hybridized carbons (Fsp3) is 0.438. The molecule has 0 radical (unpaired) electrons. The van der Waals surface area contributed by atoms with Crippen molar-refractivity contribution in [2.24, 2.45) is 14.1 Å². The quantitative estimate of drug-likeness (QED) is 0.141. The zero-order valence-corrected chi connectivity index (χ0v) is 41.3. The van der Waals surface area contributed by atoms with Gasteiger partial charge in [0.05, 0.1) is 6.04 Å². The number of carbonyl (C=O) groups excluding carboxylic acids is 3. The zero-order chi connectivity index (χ0) is 50.1. The van der Waals surface area contributed by atoms with E-state index in [1.165, 1.54) is 54.9 Å². The molecular weight excluding hydrogens is 937 g/mol. The summed E-state index contributed by atoms with van der Waals surface area (Å²) in [5, 5.41) is 15.6. The van der Waals surface area contributed by atoms with Crippen molar-refractivity contribution in [2.75, 3.05) is 29.4 Å². The summed E-state index contributed by atoms with van der Waals surface area (Å²) in [5.41, 5.74) is 1.10. The highest BCUT2D eigenvalue weighted by Crippen LogP contribution is 2.35. The Bertz CT molecular complexity index is 3050. The summed E-state index contributed by atoms with van der Waals surface area (Å²) in [7, 11) is 3.29. The van der Waals surface area contributed by atoms with Crippen LogP contribution in [0.2, 0.25) is 10.0 Å². The number of aryl methyl sites for hydroxylation is 2. The van der Waals surface area contributed by atoms with Gasteiger partial charge in [-0.05, 0) is 108 Å². The first-order valence-corrected chi connectivity index (χ1v) is 23.3. The minimum absolute atomic E-state index is 0.0250. The van der Waals surface area contributed by atoms with Crippen molar-refractivity contribution in [1.29, 1.82) is 0 Å². The largest absolute Gasteiger partial charge is 0.444 e. The van der Waals surface area contributed by atoms with Gasteiger partial charge in [0.25, 0.3) is 11.1 Å². The van der Waals surface area contributed by atoms with Gasteiger partial charge in [0, 0.05) is 105 Å². The average Bonchev–Trinajstić information content (AvgIpc) is 4.05. The Kier molecular flexibility index (Phi) is 14.8. The maximum Gasteiger partial charge on any atom is 0.407 e. The van der Waals surface area contributed by atoms with E-state index < -0.39 is 41.1 Å². The van der Waals surface area contributed by atoms with Crippen molar-refractivity contribution in [2.45, 2.75) is 103 Å². The highest BCUT2D eigenvalue weighted by molar-refractivity contribution is 6.31. The SMILES string of the molecule is Cn1ccn2nc(N3C(=O)CCC3CNC(=O)OC(C)(C)C)c(Cc3cc(F)ccc3Cl)c2c1=O.Cn1ccn2nc(N3CCCC3CNC(=O)OC(C)(C)C)c(Cc3cc(F)ccc3Cl)c2c1=O. The minimum Gasteiger partial charge on any atom is -0.444 e. The van der Waals surface area contributed by atoms with E-state index in [-0.39, 0.29) is 60.2 Å². The molecule has 17 nitrogen and oxygen atoms in total. The lowest BCUT2D eigenvalue weighted by atomic mass is 10.0. The normalized spacial score (nSPS) is 16.3. The van der Waals surface area contributed by atoms with Crippen molar-refractivity contribution >= 4 is 64.0 Å². The zero-order valence-electron chi connectivity index (χ0n) is 39.7. The molecule has 0 saturated carbocycles. The number of nitrogens with zero attached hydrogens (tertiary/aromatic N) is 8. The molecule has 2 N–H and O–H groups in total. The van der Waals surface area contributed by atoms with Crippen LogP contribution < -0.4 is 31.6 Å². The van der Waals surface area contributed by atoms with Gasteiger partial charge in [0.2, 0.25) is 5.91 Å². The van der Waals surface area contributed by atoms with Gasteiger partial charge in [0.1, 0.15) is 33.9 Å². The molecule has 2 atom stereocenters. The molecule has 2 unspecified atom stereocenters. The first kappa shape index (κ1) is 50.4. The number of nitrogens with one attached hydrogen (secondary N) is 2. The van der Waals surface area contributed by atoms with Crippen LogP contribution in [0.5, 0.6) is 0 Å². The molecule has 2 aliphatic heterocycles. The van der Waals surface area contributed by atoms with Crippen molar-refractivity contribution in [3.63, 3.8) is 0 Å². The van der Waals surface area contributed by atoms with Crippen LogP contribution in [0.3, 0.4) is 0 Å². The van der Waals surface area contributed by atoms with Crippen LogP contribution in [0.4, 0.5) is 30.0 Å². The summed E-state index contributed by atoms with van der Waals surface area (Å²) < 4.78 is 44.5. The third kappa shape index (κ3) is 11.7. The fourth-order valence-corrected chi connectivity index (χ4v) is 8.82. The average molecular weight is 994 g/mol. The van der Waals surface area contributed by atoms with Gasteiger partial charge in [-0.15, -0.1) is 10.2 Å². The second-order valence-corrected chi connectivity index (χ2v) is 20.0. The Balaban J connectivity index is 0.000000204. The number of hydrogen-bond acceptors (Lipinski definition) is 10. The van der Waals surface area contributed by atoms with Crippen LogP contribution in [-0.4, -0.2) is 89.4 Å². The number of anilines is 2. The molecule has 69 heavy (non-hydrogen) atoms. The van der Waals surface area contributed by atoms with Gasteiger partial charge in [-0.25, -0.2) is 27.4 Å². The van der Waals surface area contributed by atoms with E-state index in [4.69, 9.17) is 37.8 Å². The number of halogens is 4. The smallest absolute Gasteiger partial charge is 0.407 e. The lowest BCUT2D eigenvalue weighted by Crippen LogP contribution is -2.44. The first-order valence-electron chi connectivity index (χ1n) is 22.5. The van der Waals surface area contributed by atoms with Crippen LogP contribution in [0.25, 0.3) is 11.0 Å². The van der Waals surface area contributed by atoms with E-state index in [0.29, 0.717) is 56.6 Å². The lowest BCUT2D eigenvalue weighted by Gasteiger charge is -2.27. The van der Waals surface area contributed by atoms with E-state index >= 15 is 0 Å². The van der Waals surface area contributed by atoms with Crippen molar-refractivity contribution in [3.05, 3.63) is 126 Å². The Morgan fingerprint density at radius 2 is 1.16 bits per heavy atom. The number of ether oxygens (including phenoxy) is 2. The fourth-order valence-electron chi connectivity index (χ4n) is 8.45. The maximum absolute atomic E-state index is 14.0. The molecule has 3 amide bonds.